The first-order valence-electron chi connectivity index (χ1n) is 5.10. The monoisotopic (exact) mass is 211 g/mol. The van der Waals surface area contributed by atoms with Gasteiger partial charge in [-0.2, -0.15) is 0 Å². The predicted octanol–water partition coefficient (Wildman–Crippen LogP) is 2.98. The molecule has 0 saturated carbocycles. The van der Waals surface area contributed by atoms with Crippen LogP contribution in [0.1, 0.15) is 43.9 Å². The van der Waals surface area contributed by atoms with E-state index in [1.807, 2.05) is 26.8 Å². The van der Waals surface area contributed by atoms with E-state index in [1.165, 1.54) is 13.2 Å². The van der Waals surface area contributed by atoms with E-state index in [0.29, 0.717) is 0 Å². The van der Waals surface area contributed by atoms with Crippen LogP contribution in [0.4, 0.5) is 4.39 Å². The Balaban J connectivity index is 3.32. The summed E-state index contributed by atoms with van der Waals surface area (Å²) < 4.78 is 18.7. The number of nitrogens with two attached hydrogens (primary N) is 1. The molecule has 0 radical (unpaired) electrons. The lowest BCUT2D eigenvalue weighted by atomic mass is 9.97. The zero-order valence-corrected chi connectivity index (χ0v) is 9.67. The Bertz CT molecular complexity index is 348. The molecule has 0 aliphatic rings. The summed E-state index contributed by atoms with van der Waals surface area (Å²) in [6, 6.07) is 3.19. The number of rotatable bonds is 3. The molecule has 1 aromatic carbocycles. The highest BCUT2D eigenvalue weighted by molar-refractivity contribution is 5.41. The van der Waals surface area contributed by atoms with Crippen LogP contribution in [-0.4, -0.2) is 7.11 Å². The Morgan fingerprint density at radius 2 is 1.87 bits per heavy atom. The average molecular weight is 211 g/mol. The lowest BCUT2D eigenvalue weighted by molar-refractivity contribution is 0.378. The second-order valence-corrected chi connectivity index (χ2v) is 4.07. The van der Waals surface area contributed by atoms with Crippen molar-refractivity contribution in [1.29, 1.82) is 0 Å². The highest BCUT2D eigenvalue weighted by Gasteiger charge is 2.15. The van der Waals surface area contributed by atoms with Gasteiger partial charge in [0.1, 0.15) is 0 Å². The van der Waals surface area contributed by atoms with Gasteiger partial charge >= 0.3 is 0 Å². The minimum absolute atomic E-state index is 0.229. The summed E-state index contributed by atoms with van der Waals surface area (Å²) in [7, 11) is 1.46. The van der Waals surface area contributed by atoms with Gasteiger partial charge in [-0.1, -0.05) is 19.9 Å². The third kappa shape index (κ3) is 2.48. The van der Waals surface area contributed by atoms with Gasteiger partial charge in [-0.25, -0.2) is 4.39 Å². The van der Waals surface area contributed by atoms with Gasteiger partial charge in [0.25, 0.3) is 0 Å². The quantitative estimate of drug-likeness (QED) is 0.834. The standard InChI is InChI=1S/C12H18FNO/c1-7(2)9-5-10(8(3)14)12(15-4)11(13)6-9/h5-8H,14H2,1-4H3. The summed E-state index contributed by atoms with van der Waals surface area (Å²) in [6.07, 6.45) is 0. The fraction of sp³-hybridized carbons (Fsp3) is 0.500. The summed E-state index contributed by atoms with van der Waals surface area (Å²) in [4.78, 5) is 0. The SMILES string of the molecule is COc1c(F)cc(C(C)C)cc1C(C)N. The Morgan fingerprint density at radius 1 is 1.27 bits per heavy atom. The molecule has 0 amide bonds. The lowest BCUT2D eigenvalue weighted by Gasteiger charge is -2.16. The van der Waals surface area contributed by atoms with Crippen molar-refractivity contribution in [3.63, 3.8) is 0 Å². The van der Waals surface area contributed by atoms with Gasteiger partial charge < -0.3 is 10.5 Å². The van der Waals surface area contributed by atoms with Gasteiger partial charge in [0.2, 0.25) is 0 Å². The first-order chi connectivity index (χ1) is 6.97. The number of halogens is 1. The molecule has 0 spiro atoms. The van der Waals surface area contributed by atoms with Crippen molar-refractivity contribution in [2.75, 3.05) is 7.11 Å². The summed E-state index contributed by atoms with van der Waals surface area (Å²) >= 11 is 0. The number of methoxy groups -OCH3 is 1. The topological polar surface area (TPSA) is 35.2 Å². The van der Waals surface area contributed by atoms with E-state index in [9.17, 15) is 4.39 Å². The second kappa shape index (κ2) is 4.62. The zero-order valence-electron chi connectivity index (χ0n) is 9.67. The Labute approximate surface area is 90.2 Å². The summed E-state index contributed by atoms with van der Waals surface area (Å²) in [5.41, 5.74) is 7.45. The average Bonchev–Trinajstić information content (AvgIpc) is 2.16. The van der Waals surface area contributed by atoms with Crippen LogP contribution in [-0.2, 0) is 0 Å². The Kier molecular flexibility index (Phi) is 3.69. The number of ether oxygens (including phenoxy) is 1. The molecule has 1 unspecified atom stereocenters. The molecule has 1 aromatic rings. The molecule has 1 atom stereocenters. The molecule has 0 fully saturated rings. The molecule has 1 rings (SSSR count). The molecule has 15 heavy (non-hydrogen) atoms. The van der Waals surface area contributed by atoms with Crippen LogP contribution in [0.2, 0.25) is 0 Å². The van der Waals surface area contributed by atoms with Crippen LogP contribution in [0.15, 0.2) is 12.1 Å². The normalized spacial score (nSPS) is 13.0. The van der Waals surface area contributed by atoms with E-state index in [2.05, 4.69) is 0 Å². The molecule has 84 valence electrons. The smallest absolute Gasteiger partial charge is 0.165 e. The van der Waals surface area contributed by atoms with Gasteiger partial charge in [0.15, 0.2) is 11.6 Å². The van der Waals surface area contributed by atoms with Gasteiger partial charge in [0.05, 0.1) is 7.11 Å². The van der Waals surface area contributed by atoms with Crippen molar-refractivity contribution in [2.45, 2.75) is 32.7 Å². The number of benzene rings is 1. The first kappa shape index (κ1) is 12.0. The maximum atomic E-state index is 13.7. The van der Waals surface area contributed by atoms with Crippen molar-refractivity contribution in [2.24, 2.45) is 5.73 Å². The van der Waals surface area contributed by atoms with E-state index in [0.717, 1.165) is 11.1 Å². The van der Waals surface area contributed by atoms with Gasteiger partial charge in [-0.15, -0.1) is 0 Å². The van der Waals surface area contributed by atoms with Crippen molar-refractivity contribution in [1.82, 2.24) is 0 Å². The molecule has 0 bridgehead atoms. The maximum Gasteiger partial charge on any atom is 0.165 e. The van der Waals surface area contributed by atoms with E-state index < -0.39 is 0 Å². The summed E-state index contributed by atoms with van der Waals surface area (Å²) in [5, 5.41) is 0. The Hall–Kier alpha value is -1.09. The molecule has 2 nitrogen and oxygen atoms in total. The highest BCUT2D eigenvalue weighted by atomic mass is 19.1. The molecule has 3 heteroatoms. The molecular formula is C12H18FNO. The van der Waals surface area contributed by atoms with Gasteiger partial charge in [0, 0.05) is 11.6 Å². The first-order valence-corrected chi connectivity index (χ1v) is 5.10. The second-order valence-electron chi connectivity index (χ2n) is 4.07. The molecule has 0 aliphatic carbocycles. The minimum atomic E-state index is -0.337. The minimum Gasteiger partial charge on any atom is -0.493 e. The molecular weight excluding hydrogens is 193 g/mol. The van der Waals surface area contributed by atoms with Gasteiger partial charge in [-0.05, 0) is 24.5 Å². The van der Waals surface area contributed by atoms with Crippen molar-refractivity contribution < 1.29 is 9.13 Å². The van der Waals surface area contributed by atoms with E-state index >= 15 is 0 Å². The van der Waals surface area contributed by atoms with Crippen molar-refractivity contribution in [3.8, 4) is 5.75 Å². The zero-order chi connectivity index (χ0) is 11.6. The maximum absolute atomic E-state index is 13.7. The molecule has 0 saturated heterocycles. The largest absolute Gasteiger partial charge is 0.493 e. The Morgan fingerprint density at radius 3 is 2.27 bits per heavy atom. The van der Waals surface area contributed by atoms with Crippen LogP contribution in [0.3, 0.4) is 0 Å². The van der Waals surface area contributed by atoms with Crippen LogP contribution >= 0.6 is 0 Å². The van der Waals surface area contributed by atoms with Crippen molar-refractivity contribution in [3.05, 3.63) is 29.1 Å². The van der Waals surface area contributed by atoms with E-state index in [1.54, 1.807) is 0 Å². The third-order valence-electron chi connectivity index (χ3n) is 2.46. The number of hydrogen-bond donors (Lipinski definition) is 1. The third-order valence-corrected chi connectivity index (χ3v) is 2.46. The number of hydrogen-bond acceptors (Lipinski definition) is 2. The van der Waals surface area contributed by atoms with E-state index in [4.69, 9.17) is 10.5 Å². The lowest BCUT2D eigenvalue weighted by Crippen LogP contribution is -2.09. The van der Waals surface area contributed by atoms with Crippen LogP contribution in [0.5, 0.6) is 5.75 Å². The fourth-order valence-electron chi connectivity index (χ4n) is 1.52. The highest BCUT2D eigenvalue weighted by Crippen LogP contribution is 2.30. The summed E-state index contributed by atoms with van der Waals surface area (Å²) in [6.45, 7) is 5.86. The van der Waals surface area contributed by atoms with Crippen LogP contribution < -0.4 is 10.5 Å². The van der Waals surface area contributed by atoms with Crippen molar-refractivity contribution >= 4 is 0 Å². The summed E-state index contributed by atoms with van der Waals surface area (Å²) in [5.74, 6) is 0.202. The van der Waals surface area contributed by atoms with Gasteiger partial charge in [-0.3, -0.25) is 0 Å². The molecule has 2 N–H and O–H groups in total. The molecule has 0 aromatic heterocycles. The predicted molar refractivity (Wildman–Crippen MR) is 59.6 cm³/mol. The molecule has 0 aliphatic heterocycles. The van der Waals surface area contributed by atoms with E-state index in [-0.39, 0.29) is 23.5 Å². The molecule has 0 heterocycles. The van der Waals surface area contributed by atoms with Crippen LogP contribution in [0.25, 0.3) is 0 Å². The van der Waals surface area contributed by atoms with Crippen LogP contribution in [0, 0.1) is 5.82 Å². The fourth-order valence-corrected chi connectivity index (χ4v) is 1.52.